The zero-order chi connectivity index (χ0) is 17.1. The molecule has 0 aromatic carbocycles. The van der Waals surface area contributed by atoms with Gasteiger partial charge >= 0.3 is 0 Å². The van der Waals surface area contributed by atoms with E-state index in [2.05, 4.69) is 0 Å². The van der Waals surface area contributed by atoms with E-state index >= 15 is 0 Å². The highest BCUT2D eigenvalue weighted by molar-refractivity contribution is 8.02. The van der Waals surface area contributed by atoms with Gasteiger partial charge in [-0.3, -0.25) is 0 Å². The van der Waals surface area contributed by atoms with Crippen LogP contribution < -0.4 is 5.73 Å². The first-order chi connectivity index (χ1) is 11.0. The number of aliphatic hydroxyl groups is 3. The molecule has 5 heteroatoms. The molecule has 1 saturated carbocycles. The second kappa shape index (κ2) is 11.0. The van der Waals surface area contributed by atoms with Gasteiger partial charge in [-0.15, -0.1) is 11.8 Å². The number of allylic oxidation sites excluding steroid dienone is 3. The topological polar surface area (TPSA) is 86.7 Å². The van der Waals surface area contributed by atoms with Crippen molar-refractivity contribution < 1.29 is 15.3 Å². The number of nitrogens with two attached hydrogens (primary N) is 1. The van der Waals surface area contributed by atoms with Crippen LogP contribution >= 0.6 is 11.8 Å². The molecule has 23 heavy (non-hydrogen) atoms. The molecule has 0 aliphatic heterocycles. The molecule has 132 valence electrons. The van der Waals surface area contributed by atoms with Gasteiger partial charge in [-0.1, -0.05) is 44.4 Å². The number of hydrogen-bond acceptors (Lipinski definition) is 5. The fourth-order valence-corrected chi connectivity index (χ4v) is 3.57. The third-order valence-corrected chi connectivity index (χ3v) is 5.12. The predicted octanol–water partition coefficient (Wildman–Crippen LogP) is 2.71. The molecule has 4 nitrogen and oxygen atoms in total. The highest BCUT2D eigenvalue weighted by Crippen LogP contribution is 2.27. The molecule has 1 aliphatic carbocycles. The van der Waals surface area contributed by atoms with E-state index in [-0.39, 0.29) is 0 Å². The van der Waals surface area contributed by atoms with Crippen molar-refractivity contribution in [2.45, 2.75) is 57.3 Å². The van der Waals surface area contributed by atoms with Gasteiger partial charge in [0.2, 0.25) is 5.79 Å². The standard InChI is InChI=1S/C18H31NO3S/c1-2-3-5-10-16(17(20)18(21,22)14-19)11-12-23-13-15-8-6-4-7-9-15/h3,5,10-12,15,17,20-22H,2,4,6-9,13-14,19H2,1H3/b5-3-,12-11+,16-10+. The lowest BCUT2D eigenvalue weighted by molar-refractivity contribution is -0.204. The van der Waals surface area contributed by atoms with Crippen LogP contribution in [0.5, 0.6) is 0 Å². The Hall–Kier alpha value is -0.590. The van der Waals surface area contributed by atoms with E-state index < -0.39 is 18.4 Å². The van der Waals surface area contributed by atoms with E-state index in [4.69, 9.17) is 5.73 Å². The molecule has 1 aliphatic rings. The highest BCUT2D eigenvalue weighted by atomic mass is 32.2. The second-order valence-electron chi connectivity index (χ2n) is 6.13. The van der Waals surface area contributed by atoms with Crippen LogP contribution in [0.1, 0.15) is 45.4 Å². The summed E-state index contributed by atoms with van der Waals surface area (Å²) in [5.74, 6) is -0.468. The van der Waals surface area contributed by atoms with Gasteiger partial charge < -0.3 is 21.1 Å². The van der Waals surface area contributed by atoms with Crippen LogP contribution in [0.4, 0.5) is 0 Å². The van der Waals surface area contributed by atoms with Crippen molar-refractivity contribution in [1.29, 1.82) is 0 Å². The molecule has 1 unspecified atom stereocenters. The Morgan fingerprint density at radius 3 is 2.61 bits per heavy atom. The van der Waals surface area contributed by atoms with Gasteiger partial charge in [0, 0.05) is 12.3 Å². The molecule has 0 radical (unpaired) electrons. The Bertz CT molecular complexity index is 412. The summed E-state index contributed by atoms with van der Waals surface area (Å²) in [5.41, 5.74) is 5.76. The van der Waals surface area contributed by atoms with Gasteiger partial charge in [0.05, 0.1) is 0 Å². The van der Waals surface area contributed by atoms with E-state index in [0.717, 1.165) is 18.1 Å². The van der Waals surface area contributed by atoms with Crippen LogP contribution in [0.25, 0.3) is 0 Å². The smallest absolute Gasteiger partial charge is 0.206 e. The number of hydrogen-bond donors (Lipinski definition) is 4. The molecule has 5 N–H and O–H groups in total. The zero-order valence-corrected chi connectivity index (χ0v) is 14.8. The normalized spacial score (nSPS) is 19.8. The van der Waals surface area contributed by atoms with Crippen molar-refractivity contribution in [3.05, 3.63) is 35.3 Å². The predicted molar refractivity (Wildman–Crippen MR) is 97.9 cm³/mol. The van der Waals surface area contributed by atoms with Crippen molar-refractivity contribution in [1.82, 2.24) is 0 Å². The molecule has 0 aromatic rings. The van der Waals surface area contributed by atoms with E-state index in [1.165, 1.54) is 32.1 Å². The van der Waals surface area contributed by atoms with E-state index in [9.17, 15) is 15.3 Å². The fraction of sp³-hybridized carbons (Fsp3) is 0.667. The van der Waals surface area contributed by atoms with Crippen molar-refractivity contribution in [2.75, 3.05) is 12.3 Å². The maximum absolute atomic E-state index is 10.1. The average Bonchev–Trinajstić information content (AvgIpc) is 2.57. The van der Waals surface area contributed by atoms with E-state index in [1.807, 2.05) is 18.4 Å². The molecule has 0 amide bonds. The fourth-order valence-electron chi connectivity index (χ4n) is 2.60. The molecule has 1 rings (SSSR count). The summed E-state index contributed by atoms with van der Waals surface area (Å²) in [6, 6.07) is 0. The third-order valence-electron chi connectivity index (χ3n) is 4.13. The quantitative estimate of drug-likeness (QED) is 0.383. The van der Waals surface area contributed by atoms with Gasteiger partial charge in [0.1, 0.15) is 6.10 Å². The first-order valence-electron chi connectivity index (χ1n) is 8.49. The average molecular weight is 342 g/mol. The van der Waals surface area contributed by atoms with Crippen LogP contribution in [0.3, 0.4) is 0 Å². The Morgan fingerprint density at radius 1 is 1.30 bits per heavy atom. The maximum atomic E-state index is 10.1. The molecular weight excluding hydrogens is 310 g/mol. The minimum atomic E-state index is -2.32. The third kappa shape index (κ3) is 7.68. The van der Waals surface area contributed by atoms with Crippen molar-refractivity contribution >= 4 is 11.8 Å². The largest absolute Gasteiger partial charge is 0.383 e. The van der Waals surface area contributed by atoms with Crippen molar-refractivity contribution in [3.8, 4) is 0 Å². The summed E-state index contributed by atoms with van der Waals surface area (Å²) in [6.45, 7) is 1.59. The zero-order valence-electron chi connectivity index (χ0n) is 14.0. The molecule has 0 aromatic heterocycles. The Labute approximate surface area is 144 Å². The SMILES string of the molecule is CC\C=C/C=C(\C=C\SCC1CCCCC1)C(O)C(O)(O)CN. The van der Waals surface area contributed by atoms with Crippen LogP contribution in [0, 0.1) is 5.92 Å². The lowest BCUT2D eigenvalue weighted by Crippen LogP contribution is -2.49. The lowest BCUT2D eigenvalue weighted by Gasteiger charge is -2.26. The lowest BCUT2D eigenvalue weighted by atomic mass is 9.91. The summed E-state index contributed by atoms with van der Waals surface area (Å²) in [4.78, 5) is 0. The number of thioether (sulfide) groups is 1. The molecule has 0 heterocycles. The van der Waals surface area contributed by atoms with Gasteiger partial charge in [0.25, 0.3) is 0 Å². The van der Waals surface area contributed by atoms with Crippen molar-refractivity contribution in [2.24, 2.45) is 11.7 Å². The first-order valence-corrected chi connectivity index (χ1v) is 9.54. The van der Waals surface area contributed by atoms with Crippen LogP contribution in [0.15, 0.2) is 35.3 Å². The molecular formula is C18H31NO3S. The summed E-state index contributed by atoms with van der Waals surface area (Å²) >= 11 is 1.71. The minimum Gasteiger partial charge on any atom is -0.383 e. The summed E-state index contributed by atoms with van der Waals surface area (Å²) < 4.78 is 0. The summed E-state index contributed by atoms with van der Waals surface area (Å²) in [7, 11) is 0. The summed E-state index contributed by atoms with van der Waals surface area (Å²) in [6.07, 6.45) is 13.2. The Balaban J connectivity index is 2.62. The number of aliphatic hydroxyl groups excluding tert-OH is 1. The first kappa shape index (κ1) is 20.5. The highest BCUT2D eigenvalue weighted by Gasteiger charge is 2.33. The van der Waals surface area contributed by atoms with Crippen LogP contribution in [-0.4, -0.2) is 39.5 Å². The molecule has 1 fully saturated rings. The maximum Gasteiger partial charge on any atom is 0.206 e. The van der Waals surface area contributed by atoms with E-state index in [0.29, 0.717) is 5.57 Å². The van der Waals surface area contributed by atoms with Crippen LogP contribution in [0.2, 0.25) is 0 Å². The molecule has 0 saturated heterocycles. The number of rotatable bonds is 9. The summed E-state index contributed by atoms with van der Waals surface area (Å²) in [5, 5.41) is 31.6. The molecule has 0 spiro atoms. The van der Waals surface area contributed by atoms with Gasteiger partial charge in [-0.2, -0.15) is 0 Å². The van der Waals surface area contributed by atoms with Gasteiger partial charge in [-0.25, -0.2) is 0 Å². The second-order valence-corrected chi connectivity index (χ2v) is 7.07. The van der Waals surface area contributed by atoms with Crippen molar-refractivity contribution in [3.63, 3.8) is 0 Å². The van der Waals surface area contributed by atoms with E-state index in [1.54, 1.807) is 30.0 Å². The monoisotopic (exact) mass is 341 g/mol. The van der Waals surface area contributed by atoms with Crippen LogP contribution in [-0.2, 0) is 0 Å². The van der Waals surface area contributed by atoms with Gasteiger partial charge in [-0.05, 0) is 42.2 Å². The molecule has 0 bridgehead atoms. The Morgan fingerprint density at radius 2 is 2.00 bits per heavy atom. The molecule has 1 atom stereocenters. The minimum absolute atomic E-state index is 0.425. The van der Waals surface area contributed by atoms with Gasteiger partial charge in [0.15, 0.2) is 0 Å². The Kier molecular flexibility index (Phi) is 9.83.